The number of benzene rings is 1. The van der Waals surface area contributed by atoms with Crippen LogP contribution in [0.1, 0.15) is 25.6 Å². The standard InChI is InChI=1S/C14H14FN3OS/c1-2-3-11-14(19)18-13(20-11)7-12-16-9-5-4-8(15)6-10(9)17-12/h4-7,11H,2-3H2,1H3,(H,16,17)(H,18,19)/b13-7+. The maximum absolute atomic E-state index is 13.1. The highest BCUT2D eigenvalue weighted by atomic mass is 32.2. The molecule has 1 saturated heterocycles. The lowest BCUT2D eigenvalue weighted by molar-refractivity contribution is -0.119. The van der Waals surface area contributed by atoms with Crippen molar-refractivity contribution >= 4 is 34.8 Å². The average molecular weight is 291 g/mol. The number of imidazole rings is 1. The summed E-state index contributed by atoms with van der Waals surface area (Å²) < 4.78 is 13.1. The number of nitrogens with one attached hydrogen (secondary N) is 2. The van der Waals surface area contributed by atoms with Crippen LogP contribution < -0.4 is 5.32 Å². The van der Waals surface area contributed by atoms with Crippen molar-refractivity contribution in [1.29, 1.82) is 0 Å². The van der Waals surface area contributed by atoms with Crippen LogP contribution >= 0.6 is 11.8 Å². The number of aromatic amines is 1. The summed E-state index contributed by atoms with van der Waals surface area (Å²) >= 11 is 1.52. The third-order valence-electron chi connectivity index (χ3n) is 3.09. The zero-order chi connectivity index (χ0) is 14.1. The van der Waals surface area contributed by atoms with Gasteiger partial charge in [-0.05, 0) is 24.6 Å². The van der Waals surface area contributed by atoms with Crippen molar-refractivity contribution in [3.63, 3.8) is 0 Å². The van der Waals surface area contributed by atoms with E-state index < -0.39 is 0 Å². The Hall–Kier alpha value is -1.82. The van der Waals surface area contributed by atoms with Crippen molar-refractivity contribution in [2.24, 2.45) is 0 Å². The molecule has 3 rings (SSSR count). The first-order valence-electron chi connectivity index (χ1n) is 6.50. The van der Waals surface area contributed by atoms with Gasteiger partial charge in [-0.25, -0.2) is 9.37 Å². The third kappa shape index (κ3) is 2.56. The molecule has 1 aromatic carbocycles. The van der Waals surface area contributed by atoms with E-state index in [9.17, 15) is 9.18 Å². The summed E-state index contributed by atoms with van der Waals surface area (Å²) in [5, 5.41) is 3.61. The first kappa shape index (κ1) is 13.2. The fourth-order valence-corrected chi connectivity index (χ4v) is 3.32. The van der Waals surface area contributed by atoms with Gasteiger partial charge in [-0.1, -0.05) is 25.1 Å². The van der Waals surface area contributed by atoms with Crippen LogP contribution in [0.5, 0.6) is 0 Å². The summed E-state index contributed by atoms with van der Waals surface area (Å²) in [6, 6.07) is 4.41. The summed E-state index contributed by atoms with van der Waals surface area (Å²) in [6.07, 6.45) is 3.62. The molecule has 1 fully saturated rings. The molecule has 1 aromatic heterocycles. The number of hydrogen-bond acceptors (Lipinski definition) is 3. The van der Waals surface area contributed by atoms with Gasteiger partial charge in [-0.2, -0.15) is 0 Å². The molecule has 104 valence electrons. The maximum Gasteiger partial charge on any atom is 0.238 e. The van der Waals surface area contributed by atoms with Gasteiger partial charge in [0.05, 0.1) is 21.3 Å². The Morgan fingerprint density at radius 3 is 3.15 bits per heavy atom. The van der Waals surface area contributed by atoms with Gasteiger partial charge >= 0.3 is 0 Å². The molecule has 0 spiro atoms. The van der Waals surface area contributed by atoms with E-state index in [1.807, 2.05) is 0 Å². The monoisotopic (exact) mass is 291 g/mol. The van der Waals surface area contributed by atoms with Crippen molar-refractivity contribution in [1.82, 2.24) is 15.3 Å². The van der Waals surface area contributed by atoms with E-state index in [0.717, 1.165) is 17.9 Å². The number of nitrogens with zero attached hydrogens (tertiary/aromatic N) is 1. The van der Waals surface area contributed by atoms with E-state index >= 15 is 0 Å². The van der Waals surface area contributed by atoms with Gasteiger partial charge in [0.2, 0.25) is 5.91 Å². The van der Waals surface area contributed by atoms with Crippen LogP contribution in [0, 0.1) is 5.82 Å². The van der Waals surface area contributed by atoms with E-state index in [2.05, 4.69) is 22.2 Å². The van der Waals surface area contributed by atoms with Crippen LogP contribution in [0.3, 0.4) is 0 Å². The van der Waals surface area contributed by atoms with Crippen molar-refractivity contribution in [3.05, 3.63) is 34.9 Å². The van der Waals surface area contributed by atoms with Crippen molar-refractivity contribution in [2.45, 2.75) is 25.0 Å². The van der Waals surface area contributed by atoms with Gasteiger partial charge < -0.3 is 10.3 Å². The normalized spacial score (nSPS) is 20.8. The summed E-state index contributed by atoms with van der Waals surface area (Å²) in [6.45, 7) is 2.06. The molecule has 2 heterocycles. The van der Waals surface area contributed by atoms with Gasteiger partial charge in [0.15, 0.2) is 0 Å². The average Bonchev–Trinajstić information content (AvgIpc) is 2.93. The zero-order valence-electron chi connectivity index (χ0n) is 10.9. The van der Waals surface area contributed by atoms with E-state index in [0.29, 0.717) is 16.9 Å². The number of amides is 1. The molecule has 1 unspecified atom stereocenters. The second kappa shape index (κ2) is 5.28. The fraction of sp³-hybridized carbons (Fsp3) is 0.286. The minimum Gasteiger partial charge on any atom is -0.338 e. The van der Waals surface area contributed by atoms with E-state index in [4.69, 9.17) is 0 Å². The number of carbonyl (C=O) groups is 1. The van der Waals surface area contributed by atoms with Crippen molar-refractivity contribution < 1.29 is 9.18 Å². The molecule has 1 atom stereocenters. The lowest BCUT2D eigenvalue weighted by atomic mass is 10.2. The summed E-state index contributed by atoms with van der Waals surface area (Å²) in [5.41, 5.74) is 1.36. The van der Waals surface area contributed by atoms with Crippen molar-refractivity contribution in [2.75, 3.05) is 0 Å². The van der Waals surface area contributed by atoms with E-state index in [1.165, 1.54) is 23.9 Å². The van der Waals surface area contributed by atoms with Crippen LogP contribution in [0.2, 0.25) is 0 Å². The van der Waals surface area contributed by atoms with Gasteiger partial charge in [0.1, 0.15) is 11.6 Å². The number of thioether (sulfide) groups is 1. The Labute approximate surface area is 119 Å². The van der Waals surface area contributed by atoms with Crippen LogP contribution in [0.4, 0.5) is 4.39 Å². The first-order chi connectivity index (χ1) is 9.65. The fourth-order valence-electron chi connectivity index (χ4n) is 2.15. The third-order valence-corrected chi connectivity index (χ3v) is 4.30. The van der Waals surface area contributed by atoms with Gasteiger partial charge in [0.25, 0.3) is 0 Å². The van der Waals surface area contributed by atoms with E-state index in [1.54, 1.807) is 12.1 Å². The summed E-state index contributed by atoms with van der Waals surface area (Å²) in [5.74, 6) is 0.364. The number of aromatic nitrogens is 2. The number of halogens is 1. The number of hydrogen-bond donors (Lipinski definition) is 2. The van der Waals surface area contributed by atoms with Gasteiger partial charge in [-0.15, -0.1) is 0 Å². The molecule has 4 nitrogen and oxygen atoms in total. The number of carbonyl (C=O) groups excluding carboxylic acids is 1. The molecule has 2 N–H and O–H groups in total. The SMILES string of the molecule is CCCC1S/C(=C/c2nc3ccc(F)cc3[nH]2)NC1=O. The number of fused-ring (bicyclic) bond motifs is 1. The lowest BCUT2D eigenvalue weighted by Crippen LogP contribution is -2.21. The predicted molar refractivity (Wildman–Crippen MR) is 78.5 cm³/mol. The molecule has 20 heavy (non-hydrogen) atoms. The zero-order valence-corrected chi connectivity index (χ0v) is 11.8. The topological polar surface area (TPSA) is 57.8 Å². The number of rotatable bonds is 3. The molecule has 1 aliphatic rings. The molecular weight excluding hydrogens is 277 g/mol. The lowest BCUT2D eigenvalue weighted by Gasteiger charge is -2.00. The number of H-pyrrole nitrogens is 1. The Kier molecular flexibility index (Phi) is 3.48. The minimum atomic E-state index is -0.299. The van der Waals surface area contributed by atoms with Crippen LogP contribution in [0.25, 0.3) is 17.1 Å². The molecule has 0 aliphatic carbocycles. The predicted octanol–water partition coefficient (Wildman–Crippen LogP) is 3.03. The molecular formula is C14H14FN3OS. The molecule has 0 saturated carbocycles. The Balaban J connectivity index is 1.85. The molecule has 0 bridgehead atoms. The summed E-state index contributed by atoms with van der Waals surface area (Å²) in [7, 11) is 0. The largest absolute Gasteiger partial charge is 0.338 e. The smallest absolute Gasteiger partial charge is 0.238 e. The molecule has 0 radical (unpaired) electrons. The van der Waals surface area contributed by atoms with Gasteiger partial charge in [-0.3, -0.25) is 4.79 Å². The quantitative estimate of drug-likeness (QED) is 0.914. The Morgan fingerprint density at radius 1 is 1.50 bits per heavy atom. The second-order valence-corrected chi connectivity index (χ2v) is 5.92. The van der Waals surface area contributed by atoms with Crippen molar-refractivity contribution in [3.8, 4) is 0 Å². The van der Waals surface area contributed by atoms with Crippen LogP contribution in [-0.4, -0.2) is 21.1 Å². The molecule has 1 amide bonds. The highest BCUT2D eigenvalue weighted by molar-refractivity contribution is 8.05. The first-order valence-corrected chi connectivity index (χ1v) is 7.38. The molecule has 1 aliphatic heterocycles. The maximum atomic E-state index is 13.1. The second-order valence-electron chi connectivity index (χ2n) is 4.68. The summed E-state index contributed by atoms with van der Waals surface area (Å²) in [4.78, 5) is 19.1. The van der Waals surface area contributed by atoms with Crippen LogP contribution in [-0.2, 0) is 4.79 Å². The van der Waals surface area contributed by atoms with Crippen LogP contribution in [0.15, 0.2) is 23.2 Å². The highest BCUT2D eigenvalue weighted by Crippen LogP contribution is 2.31. The van der Waals surface area contributed by atoms with E-state index in [-0.39, 0.29) is 17.0 Å². The highest BCUT2D eigenvalue weighted by Gasteiger charge is 2.28. The minimum absolute atomic E-state index is 0.0203. The molecule has 2 aromatic rings. The van der Waals surface area contributed by atoms with Gasteiger partial charge in [0, 0.05) is 6.08 Å². The Morgan fingerprint density at radius 2 is 2.35 bits per heavy atom. The Bertz CT molecular complexity index is 695. The molecule has 6 heteroatoms.